The molecule has 3 aromatic heterocycles. The van der Waals surface area contributed by atoms with Crippen LogP contribution in [0.5, 0.6) is 0 Å². The molecule has 0 unspecified atom stereocenters. The number of nitrogens with two attached hydrogens (primary N) is 1. The van der Waals surface area contributed by atoms with E-state index in [1.165, 1.54) is 0 Å². The average molecular weight is 394 g/mol. The molecule has 0 radical (unpaired) electrons. The minimum absolute atomic E-state index is 0.224. The summed E-state index contributed by atoms with van der Waals surface area (Å²) < 4.78 is 1.84. The molecule has 0 spiro atoms. The number of rotatable bonds is 1. The van der Waals surface area contributed by atoms with Crippen molar-refractivity contribution >= 4 is 68.8 Å². The second kappa shape index (κ2) is 7.40. The Kier molecular flexibility index (Phi) is 5.75. The van der Waals surface area contributed by atoms with Gasteiger partial charge in [0.2, 0.25) is 0 Å². The SMILES string of the molecule is CNc1cc(Cl)nc(Cl)c1N.Cn1cnc2c(Cl)nc(Cl)cc21. The molecule has 10 heteroatoms. The van der Waals surface area contributed by atoms with Gasteiger partial charge in [-0.2, -0.15) is 0 Å². The Morgan fingerprint density at radius 1 is 1.04 bits per heavy atom. The second-order valence-corrected chi connectivity index (χ2v) is 5.90. The molecule has 6 nitrogen and oxygen atoms in total. The maximum atomic E-state index is 5.80. The number of hydrogen-bond acceptors (Lipinski definition) is 5. The van der Waals surface area contributed by atoms with Gasteiger partial charge in [0, 0.05) is 26.2 Å². The lowest BCUT2D eigenvalue weighted by Crippen LogP contribution is -1.97. The first-order valence-electron chi connectivity index (χ1n) is 6.25. The number of nitrogens with one attached hydrogen (secondary N) is 1. The van der Waals surface area contributed by atoms with Gasteiger partial charge in [0.25, 0.3) is 0 Å². The van der Waals surface area contributed by atoms with Gasteiger partial charge in [-0.1, -0.05) is 46.4 Å². The maximum Gasteiger partial charge on any atom is 0.158 e. The van der Waals surface area contributed by atoms with Crippen LogP contribution < -0.4 is 11.1 Å². The van der Waals surface area contributed by atoms with Gasteiger partial charge in [0.1, 0.15) is 15.8 Å². The van der Waals surface area contributed by atoms with Crippen LogP contribution in [0.25, 0.3) is 11.0 Å². The molecule has 0 fully saturated rings. The molecule has 3 heterocycles. The highest BCUT2D eigenvalue weighted by atomic mass is 35.5. The van der Waals surface area contributed by atoms with E-state index in [1.54, 1.807) is 25.5 Å². The fraction of sp³-hybridized carbons (Fsp3) is 0.154. The van der Waals surface area contributed by atoms with Crippen molar-refractivity contribution in [2.24, 2.45) is 7.05 Å². The van der Waals surface area contributed by atoms with E-state index >= 15 is 0 Å². The molecule has 0 aliphatic heterocycles. The summed E-state index contributed by atoms with van der Waals surface area (Å²) in [6, 6.07) is 3.35. The van der Waals surface area contributed by atoms with Crippen molar-refractivity contribution in [1.29, 1.82) is 0 Å². The van der Waals surface area contributed by atoms with Crippen LogP contribution in [0.1, 0.15) is 0 Å². The maximum absolute atomic E-state index is 5.80. The third-order valence-electron chi connectivity index (χ3n) is 2.89. The number of imidazole rings is 1. The molecule has 0 aliphatic rings. The van der Waals surface area contributed by atoms with E-state index in [9.17, 15) is 0 Å². The Morgan fingerprint density at radius 3 is 2.30 bits per heavy atom. The van der Waals surface area contributed by atoms with E-state index in [0.717, 1.165) is 5.52 Å². The van der Waals surface area contributed by atoms with E-state index in [2.05, 4.69) is 20.3 Å². The number of aromatic nitrogens is 4. The number of pyridine rings is 2. The van der Waals surface area contributed by atoms with Gasteiger partial charge in [-0.3, -0.25) is 0 Å². The zero-order valence-electron chi connectivity index (χ0n) is 12.1. The van der Waals surface area contributed by atoms with Gasteiger partial charge in [-0.15, -0.1) is 0 Å². The number of hydrogen-bond donors (Lipinski definition) is 2. The lowest BCUT2D eigenvalue weighted by atomic mass is 10.3. The molecule has 3 aromatic rings. The van der Waals surface area contributed by atoms with Crippen LogP contribution in [0.2, 0.25) is 20.6 Å². The Hall–Kier alpha value is -1.47. The first kappa shape index (κ1) is 17.9. The van der Waals surface area contributed by atoms with E-state index in [0.29, 0.717) is 32.4 Å². The van der Waals surface area contributed by atoms with E-state index in [-0.39, 0.29) is 5.15 Å². The minimum atomic E-state index is 0.224. The lowest BCUT2D eigenvalue weighted by Gasteiger charge is -2.05. The van der Waals surface area contributed by atoms with Crippen molar-refractivity contribution < 1.29 is 0 Å². The molecular formula is C13H12Cl4N6. The second-order valence-electron chi connectivity index (χ2n) is 4.41. The third-order valence-corrected chi connectivity index (χ3v) is 3.83. The van der Waals surface area contributed by atoms with Crippen molar-refractivity contribution in [3.05, 3.63) is 39.1 Å². The number of halogens is 4. The first-order chi connectivity index (χ1) is 10.8. The molecule has 3 N–H and O–H groups in total. The van der Waals surface area contributed by atoms with E-state index in [4.69, 9.17) is 52.1 Å². The third kappa shape index (κ3) is 4.09. The Morgan fingerprint density at radius 2 is 1.65 bits per heavy atom. The molecule has 23 heavy (non-hydrogen) atoms. The van der Waals surface area contributed by atoms with Gasteiger partial charge in [-0.25, -0.2) is 15.0 Å². The van der Waals surface area contributed by atoms with Crippen LogP contribution in [0.4, 0.5) is 11.4 Å². The number of nitrogen functional groups attached to an aromatic ring is 1. The molecule has 0 saturated heterocycles. The van der Waals surface area contributed by atoms with Gasteiger partial charge in [0.15, 0.2) is 10.3 Å². The fourth-order valence-electron chi connectivity index (χ4n) is 1.76. The van der Waals surface area contributed by atoms with Gasteiger partial charge < -0.3 is 15.6 Å². The van der Waals surface area contributed by atoms with Crippen molar-refractivity contribution in [3.8, 4) is 0 Å². The summed E-state index contributed by atoms with van der Waals surface area (Å²) in [6.45, 7) is 0. The number of aryl methyl sites for hydroxylation is 1. The molecule has 0 bridgehead atoms. The van der Waals surface area contributed by atoms with Crippen LogP contribution in [0.15, 0.2) is 18.5 Å². The summed E-state index contributed by atoms with van der Waals surface area (Å²) in [4.78, 5) is 11.7. The van der Waals surface area contributed by atoms with Crippen molar-refractivity contribution in [2.75, 3.05) is 18.1 Å². The minimum Gasteiger partial charge on any atom is -0.395 e. The Bertz CT molecular complexity index is 848. The van der Waals surface area contributed by atoms with Gasteiger partial charge in [-0.05, 0) is 0 Å². The summed E-state index contributed by atoms with van der Waals surface area (Å²) in [5.41, 5.74) is 8.22. The summed E-state index contributed by atoms with van der Waals surface area (Å²) in [5, 5.41) is 4.13. The molecule has 122 valence electrons. The zero-order chi connectivity index (χ0) is 17.1. The largest absolute Gasteiger partial charge is 0.395 e. The lowest BCUT2D eigenvalue weighted by molar-refractivity contribution is 0.947. The molecular weight excluding hydrogens is 382 g/mol. The zero-order valence-corrected chi connectivity index (χ0v) is 15.1. The van der Waals surface area contributed by atoms with Crippen molar-refractivity contribution in [1.82, 2.24) is 19.5 Å². The number of nitrogens with zero attached hydrogens (tertiary/aromatic N) is 4. The first-order valence-corrected chi connectivity index (χ1v) is 7.77. The highest BCUT2D eigenvalue weighted by Crippen LogP contribution is 2.27. The molecule has 0 saturated carbocycles. The smallest absolute Gasteiger partial charge is 0.158 e. The molecule has 0 aliphatic carbocycles. The topological polar surface area (TPSA) is 81.6 Å². The van der Waals surface area contributed by atoms with Crippen LogP contribution in [-0.4, -0.2) is 26.6 Å². The average Bonchev–Trinajstić information content (AvgIpc) is 2.85. The van der Waals surface area contributed by atoms with E-state index in [1.807, 2.05) is 11.6 Å². The summed E-state index contributed by atoms with van der Waals surface area (Å²) in [5.74, 6) is 0. The normalized spacial score (nSPS) is 10.3. The highest BCUT2D eigenvalue weighted by Gasteiger charge is 2.06. The van der Waals surface area contributed by atoms with Crippen molar-refractivity contribution in [2.45, 2.75) is 0 Å². The van der Waals surface area contributed by atoms with Gasteiger partial charge >= 0.3 is 0 Å². The summed E-state index contributed by atoms with van der Waals surface area (Å²) >= 11 is 22.8. The van der Waals surface area contributed by atoms with Crippen LogP contribution in [0, 0.1) is 0 Å². The fourth-order valence-corrected chi connectivity index (χ4v) is 2.66. The van der Waals surface area contributed by atoms with Gasteiger partial charge in [0.05, 0.1) is 23.2 Å². The molecule has 0 amide bonds. The quantitative estimate of drug-likeness (QED) is 0.602. The summed E-state index contributed by atoms with van der Waals surface area (Å²) in [6.07, 6.45) is 1.68. The van der Waals surface area contributed by atoms with Crippen molar-refractivity contribution in [3.63, 3.8) is 0 Å². The standard InChI is InChI=1S/C7H5Cl2N3.C6H7Cl2N3/c1-12-3-10-6-4(12)2-5(8)11-7(6)9;1-10-3-2-4(7)11-6(8)5(3)9/h2-3H,1H3;2H,9H2,1H3,(H,10,11). The predicted molar refractivity (Wildman–Crippen MR) is 96.7 cm³/mol. The van der Waals surface area contributed by atoms with Crippen LogP contribution >= 0.6 is 46.4 Å². The Balaban J connectivity index is 0.000000168. The Labute approximate surface area is 152 Å². The summed E-state index contributed by atoms with van der Waals surface area (Å²) in [7, 11) is 3.61. The molecule has 0 aromatic carbocycles. The van der Waals surface area contributed by atoms with E-state index < -0.39 is 0 Å². The van der Waals surface area contributed by atoms with Crippen LogP contribution in [0.3, 0.4) is 0 Å². The number of fused-ring (bicyclic) bond motifs is 1. The number of anilines is 2. The molecule has 3 rings (SSSR count). The predicted octanol–water partition coefficient (Wildman–Crippen LogP) is 4.29. The monoisotopic (exact) mass is 392 g/mol. The highest BCUT2D eigenvalue weighted by molar-refractivity contribution is 6.36. The molecule has 0 atom stereocenters. The van der Waals surface area contributed by atoms with Crippen LogP contribution in [-0.2, 0) is 7.05 Å².